The third-order valence-corrected chi connectivity index (χ3v) is 4.22. The van der Waals surface area contributed by atoms with Crippen molar-refractivity contribution in [2.75, 3.05) is 0 Å². The zero-order chi connectivity index (χ0) is 17.8. The van der Waals surface area contributed by atoms with Gasteiger partial charge < -0.3 is 4.74 Å². The van der Waals surface area contributed by atoms with E-state index < -0.39 is 0 Å². The van der Waals surface area contributed by atoms with Gasteiger partial charge in [0.2, 0.25) is 0 Å². The van der Waals surface area contributed by atoms with Crippen molar-refractivity contribution < 1.29 is 4.74 Å². The molecule has 25 heavy (non-hydrogen) atoms. The lowest BCUT2D eigenvalue weighted by Crippen LogP contribution is -2.13. The zero-order valence-corrected chi connectivity index (χ0v) is 15.2. The summed E-state index contributed by atoms with van der Waals surface area (Å²) in [5.41, 5.74) is 2.16. The predicted octanol–water partition coefficient (Wildman–Crippen LogP) is 3.60. The second kappa shape index (κ2) is 7.46. The van der Waals surface area contributed by atoms with E-state index in [1.54, 1.807) is 13.2 Å². The molecule has 1 atom stereocenters. The molecule has 0 radical (unpaired) electrons. The number of unbranched alkanes of at least 4 members (excludes halogenated alkanes) is 1. The third kappa shape index (κ3) is 3.70. The van der Waals surface area contributed by atoms with Crippen LogP contribution in [0.4, 0.5) is 0 Å². The van der Waals surface area contributed by atoms with Crippen molar-refractivity contribution in [3.05, 3.63) is 47.5 Å². The minimum atomic E-state index is -0.0459. The fourth-order valence-electron chi connectivity index (χ4n) is 2.89. The Morgan fingerprint density at radius 1 is 1.20 bits per heavy atom. The molecule has 0 aliphatic heterocycles. The van der Waals surface area contributed by atoms with Gasteiger partial charge in [-0.15, -0.1) is 10.2 Å². The third-order valence-electron chi connectivity index (χ3n) is 4.22. The van der Waals surface area contributed by atoms with E-state index in [0.717, 1.165) is 36.1 Å². The molecule has 0 aliphatic carbocycles. The minimum Gasteiger partial charge on any atom is -0.425 e. The van der Waals surface area contributed by atoms with Crippen molar-refractivity contribution >= 4 is 0 Å². The number of nitrogens with zero attached hydrogens (tertiary/aromatic N) is 6. The van der Waals surface area contributed by atoms with Gasteiger partial charge in [0.25, 0.3) is 0 Å². The molecule has 0 bridgehead atoms. The summed E-state index contributed by atoms with van der Waals surface area (Å²) in [6.07, 6.45) is 6.72. The van der Waals surface area contributed by atoms with Gasteiger partial charge >= 0.3 is 6.01 Å². The molecular weight excluding hydrogens is 316 g/mol. The maximum atomic E-state index is 6.17. The monoisotopic (exact) mass is 340 g/mol. The van der Waals surface area contributed by atoms with E-state index in [0.29, 0.717) is 11.8 Å². The van der Waals surface area contributed by atoms with Crippen molar-refractivity contribution in [1.29, 1.82) is 0 Å². The largest absolute Gasteiger partial charge is 0.425 e. The van der Waals surface area contributed by atoms with Crippen LogP contribution in [0, 0.1) is 13.8 Å². The number of ether oxygens (including phenoxy) is 1. The van der Waals surface area contributed by atoms with Crippen molar-refractivity contribution in [3.63, 3.8) is 0 Å². The fourth-order valence-corrected chi connectivity index (χ4v) is 2.89. The number of imidazole rings is 1. The molecule has 2 heterocycles. The molecule has 2 aromatic heterocycles. The molecule has 0 spiro atoms. The first-order valence-electron chi connectivity index (χ1n) is 8.61. The number of aryl methyl sites for hydroxylation is 3. The number of tetrazole rings is 1. The van der Waals surface area contributed by atoms with Gasteiger partial charge in [-0.2, -0.15) is 4.80 Å². The molecule has 3 rings (SSSR count). The van der Waals surface area contributed by atoms with Crippen molar-refractivity contribution in [2.45, 2.75) is 46.1 Å². The van der Waals surface area contributed by atoms with Gasteiger partial charge in [-0.1, -0.05) is 38.0 Å². The Morgan fingerprint density at radius 2 is 1.96 bits per heavy atom. The highest BCUT2D eigenvalue weighted by Crippen LogP contribution is 2.31. The molecule has 0 aliphatic rings. The van der Waals surface area contributed by atoms with Crippen LogP contribution in [0.1, 0.15) is 49.2 Å². The van der Waals surface area contributed by atoms with Gasteiger partial charge in [0.05, 0.1) is 7.05 Å². The Balaban J connectivity index is 1.95. The van der Waals surface area contributed by atoms with Crippen molar-refractivity contribution in [2.24, 2.45) is 7.05 Å². The number of benzene rings is 1. The standard InChI is InChI=1S/C18H24N6O/c1-5-6-10-15(17-20-22-23(4)21-17)24-12-11-19-18(24)25-16-13(2)8-7-9-14(16)3/h7-9,11-12,15H,5-6,10H2,1-4H3. The van der Waals surface area contributed by atoms with Crippen LogP contribution in [0.25, 0.3) is 0 Å². The fraction of sp³-hybridized carbons (Fsp3) is 0.444. The van der Waals surface area contributed by atoms with E-state index in [-0.39, 0.29) is 6.04 Å². The summed E-state index contributed by atoms with van der Waals surface area (Å²) >= 11 is 0. The Hall–Kier alpha value is -2.70. The molecule has 0 saturated heterocycles. The second-order valence-corrected chi connectivity index (χ2v) is 6.24. The number of rotatable bonds is 7. The molecule has 1 unspecified atom stereocenters. The van der Waals surface area contributed by atoms with E-state index in [1.165, 1.54) is 4.80 Å². The summed E-state index contributed by atoms with van der Waals surface area (Å²) in [4.78, 5) is 5.90. The first kappa shape index (κ1) is 17.1. The molecule has 0 fully saturated rings. The lowest BCUT2D eigenvalue weighted by atomic mass is 10.1. The molecule has 7 nitrogen and oxygen atoms in total. The average molecular weight is 340 g/mol. The quantitative estimate of drug-likeness (QED) is 0.657. The average Bonchev–Trinajstić information content (AvgIpc) is 3.21. The van der Waals surface area contributed by atoms with E-state index in [2.05, 4.69) is 27.3 Å². The lowest BCUT2D eigenvalue weighted by molar-refractivity contribution is 0.374. The summed E-state index contributed by atoms with van der Waals surface area (Å²) in [7, 11) is 1.77. The maximum Gasteiger partial charge on any atom is 0.302 e. The SMILES string of the molecule is CCCCC(c1nnn(C)n1)n1ccnc1Oc1c(C)cccc1C. The summed E-state index contributed by atoms with van der Waals surface area (Å²) in [6.45, 7) is 6.24. The summed E-state index contributed by atoms with van der Waals surface area (Å²) in [5, 5.41) is 12.6. The van der Waals surface area contributed by atoms with Crippen LogP contribution < -0.4 is 4.74 Å². The molecule has 0 N–H and O–H groups in total. The summed E-state index contributed by atoms with van der Waals surface area (Å²) < 4.78 is 8.17. The molecule has 3 aromatic rings. The molecule has 0 amide bonds. The lowest BCUT2D eigenvalue weighted by Gasteiger charge is -2.18. The molecule has 0 saturated carbocycles. The van der Waals surface area contributed by atoms with E-state index in [4.69, 9.17) is 4.74 Å². The van der Waals surface area contributed by atoms with Crippen LogP contribution in [-0.2, 0) is 7.05 Å². The number of para-hydroxylation sites is 1. The Bertz CT molecular complexity index is 817. The van der Waals surface area contributed by atoms with Crippen LogP contribution in [-0.4, -0.2) is 29.8 Å². The predicted molar refractivity (Wildman–Crippen MR) is 94.7 cm³/mol. The number of hydrogen-bond donors (Lipinski definition) is 0. The highest BCUT2D eigenvalue weighted by molar-refractivity contribution is 5.41. The van der Waals surface area contributed by atoms with Crippen LogP contribution in [0.5, 0.6) is 11.8 Å². The van der Waals surface area contributed by atoms with Crippen molar-refractivity contribution in [1.82, 2.24) is 29.8 Å². The minimum absolute atomic E-state index is 0.0459. The zero-order valence-electron chi connectivity index (χ0n) is 15.2. The number of hydrogen-bond acceptors (Lipinski definition) is 5. The van der Waals surface area contributed by atoms with Gasteiger partial charge in [0, 0.05) is 12.4 Å². The Labute approximate surface area is 147 Å². The Kier molecular flexibility index (Phi) is 5.11. The Morgan fingerprint density at radius 3 is 2.60 bits per heavy atom. The van der Waals surface area contributed by atoms with Gasteiger partial charge in [-0.25, -0.2) is 4.98 Å². The van der Waals surface area contributed by atoms with Gasteiger partial charge in [0.15, 0.2) is 5.82 Å². The van der Waals surface area contributed by atoms with E-state index in [1.807, 2.05) is 42.8 Å². The molecule has 132 valence electrons. The van der Waals surface area contributed by atoms with Crippen LogP contribution in [0.2, 0.25) is 0 Å². The first-order chi connectivity index (χ1) is 12.1. The molecular formula is C18H24N6O. The van der Waals surface area contributed by atoms with Crippen LogP contribution in [0.3, 0.4) is 0 Å². The summed E-state index contributed by atoms with van der Waals surface area (Å²) in [6, 6.07) is 6.60. The normalized spacial score (nSPS) is 12.3. The molecule has 7 heteroatoms. The highest BCUT2D eigenvalue weighted by Gasteiger charge is 2.22. The topological polar surface area (TPSA) is 70.7 Å². The van der Waals surface area contributed by atoms with Crippen LogP contribution >= 0.6 is 0 Å². The molecule has 1 aromatic carbocycles. The van der Waals surface area contributed by atoms with Gasteiger partial charge in [-0.05, 0) is 36.6 Å². The second-order valence-electron chi connectivity index (χ2n) is 6.24. The first-order valence-corrected chi connectivity index (χ1v) is 8.61. The smallest absolute Gasteiger partial charge is 0.302 e. The summed E-state index contributed by atoms with van der Waals surface area (Å²) in [5.74, 6) is 1.52. The number of aromatic nitrogens is 6. The van der Waals surface area contributed by atoms with Gasteiger partial charge in [-0.3, -0.25) is 4.57 Å². The van der Waals surface area contributed by atoms with E-state index >= 15 is 0 Å². The van der Waals surface area contributed by atoms with Gasteiger partial charge in [0.1, 0.15) is 11.8 Å². The van der Waals surface area contributed by atoms with Crippen LogP contribution in [0.15, 0.2) is 30.6 Å². The van der Waals surface area contributed by atoms with E-state index in [9.17, 15) is 0 Å². The maximum absolute atomic E-state index is 6.17. The van der Waals surface area contributed by atoms with Crippen molar-refractivity contribution in [3.8, 4) is 11.8 Å². The highest BCUT2D eigenvalue weighted by atomic mass is 16.5.